The minimum atomic E-state index is -0.833. The number of carboxylic acids is 1. The minimum Gasteiger partial charge on any atom is -0.481 e. The lowest BCUT2D eigenvalue weighted by Gasteiger charge is -2.45. The van der Waals surface area contributed by atoms with Crippen LogP contribution in [-0.4, -0.2) is 99.5 Å². The summed E-state index contributed by atoms with van der Waals surface area (Å²) in [5, 5.41) is 10.8. The van der Waals surface area contributed by atoms with E-state index in [2.05, 4.69) is 62.2 Å². The first-order valence-electron chi connectivity index (χ1n) is 15.6. The topological polar surface area (TPSA) is 112 Å². The van der Waals surface area contributed by atoms with Gasteiger partial charge in [-0.3, -0.25) is 9.69 Å². The van der Waals surface area contributed by atoms with E-state index in [-0.39, 0.29) is 24.3 Å². The zero-order chi connectivity index (χ0) is 33.0. The van der Waals surface area contributed by atoms with Crippen molar-refractivity contribution < 1.29 is 29.0 Å². The van der Waals surface area contributed by atoms with Crippen LogP contribution in [0.15, 0.2) is 30.3 Å². The molecule has 4 atom stereocenters. The quantitative estimate of drug-likeness (QED) is 0.430. The summed E-state index contributed by atoms with van der Waals surface area (Å²) in [7, 11) is 0. The molecule has 0 spiro atoms. The molecule has 0 aliphatic carbocycles. The number of rotatable bonds is 4. The number of carboxylic acid groups (broad SMARTS) is 1. The minimum absolute atomic E-state index is 0.185. The highest BCUT2D eigenvalue weighted by Crippen LogP contribution is 2.22. The molecule has 246 valence electrons. The van der Waals surface area contributed by atoms with E-state index < -0.39 is 17.2 Å². The fourth-order valence-electron chi connectivity index (χ4n) is 4.90. The molecule has 0 unspecified atom stereocenters. The highest BCUT2D eigenvalue weighted by molar-refractivity contribution is 5.69. The van der Waals surface area contributed by atoms with Crippen LogP contribution in [0.4, 0.5) is 9.59 Å². The number of piperazine rings is 2. The van der Waals surface area contributed by atoms with E-state index in [1.165, 1.54) is 5.56 Å². The van der Waals surface area contributed by atoms with Gasteiger partial charge in [0, 0.05) is 63.8 Å². The maximum absolute atomic E-state index is 12.5. The Morgan fingerprint density at radius 1 is 0.837 bits per heavy atom. The van der Waals surface area contributed by atoms with Gasteiger partial charge in [-0.2, -0.15) is 0 Å². The van der Waals surface area contributed by atoms with Gasteiger partial charge in [0.2, 0.25) is 0 Å². The van der Waals surface area contributed by atoms with Crippen LogP contribution in [0.25, 0.3) is 0 Å². The first kappa shape index (κ1) is 38.2. The third-order valence-corrected chi connectivity index (χ3v) is 7.01. The van der Waals surface area contributed by atoms with Crippen LogP contribution in [-0.2, 0) is 20.8 Å². The summed E-state index contributed by atoms with van der Waals surface area (Å²) in [6, 6.07) is 11.7. The predicted octanol–water partition coefficient (Wildman–Crippen LogP) is 5.99. The van der Waals surface area contributed by atoms with Crippen molar-refractivity contribution in [1.82, 2.24) is 20.0 Å². The molecular formula is C33H58N4O6. The molecule has 0 radical (unpaired) electrons. The van der Waals surface area contributed by atoms with E-state index in [4.69, 9.17) is 19.4 Å². The molecule has 10 heteroatoms. The van der Waals surface area contributed by atoms with Gasteiger partial charge in [-0.15, -0.1) is 0 Å². The van der Waals surface area contributed by atoms with Crippen molar-refractivity contribution in [2.75, 3.05) is 26.2 Å². The van der Waals surface area contributed by atoms with E-state index in [1.54, 1.807) is 0 Å². The van der Waals surface area contributed by atoms with Gasteiger partial charge in [0.15, 0.2) is 0 Å². The van der Waals surface area contributed by atoms with Gasteiger partial charge < -0.3 is 29.7 Å². The van der Waals surface area contributed by atoms with Gasteiger partial charge in [-0.05, 0) is 73.8 Å². The van der Waals surface area contributed by atoms with E-state index in [9.17, 15) is 9.59 Å². The van der Waals surface area contributed by atoms with E-state index in [1.807, 2.05) is 57.4 Å². The number of nitrogens with one attached hydrogen (secondary N) is 1. The summed E-state index contributed by atoms with van der Waals surface area (Å²) in [6.07, 6.45) is 1.53. The van der Waals surface area contributed by atoms with Crippen LogP contribution in [0.3, 0.4) is 0 Å². The molecule has 1 aromatic rings. The number of hydrogen-bond donors (Lipinski definition) is 2. The number of hydrogen-bond acceptors (Lipinski definition) is 7. The number of ether oxygens (including phenoxy) is 2. The Balaban J connectivity index is 0.000000402. The number of carbonyl (C=O) groups excluding carboxylic acids is 2. The third-order valence-electron chi connectivity index (χ3n) is 7.01. The Bertz CT molecular complexity index is 987. The number of aliphatic carboxylic acids is 1. The van der Waals surface area contributed by atoms with E-state index >= 15 is 0 Å². The zero-order valence-electron chi connectivity index (χ0n) is 28.5. The van der Waals surface area contributed by atoms with Crippen LogP contribution in [0.5, 0.6) is 0 Å². The highest BCUT2D eigenvalue weighted by Gasteiger charge is 2.36. The lowest BCUT2D eigenvalue weighted by atomic mass is 10.0. The molecule has 2 heterocycles. The summed E-state index contributed by atoms with van der Waals surface area (Å²) in [6.45, 7) is 25.2. The molecule has 2 aliphatic rings. The molecule has 0 aromatic heterocycles. The first-order valence-corrected chi connectivity index (χ1v) is 15.6. The number of amides is 2. The molecule has 0 saturated carbocycles. The van der Waals surface area contributed by atoms with E-state index in [0.717, 1.165) is 52.5 Å². The van der Waals surface area contributed by atoms with Gasteiger partial charge in [0.1, 0.15) is 11.2 Å². The van der Waals surface area contributed by atoms with Crippen molar-refractivity contribution >= 4 is 18.2 Å². The van der Waals surface area contributed by atoms with Gasteiger partial charge >= 0.3 is 12.2 Å². The predicted molar refractivity (Wildman–Crippen MR) is 171 cm³/mol. The molecule has 2 fully saturated rings. The standard InChI is InChI=1S/C19H30N2O2.C12H24N2O2.C2H4O2/c1-6-17-14-20(13-16-10-8-7-9-11-16)15(2)12-21(17)18(22)23-19(3,4)5;1-6-10-7-13-9(2)8-14(10)11(15)16-12(3,4)5;1-2(3)4/h7-11,15,17H,6,12-14H2,1-5H3;9-10,13H,6-8H2,1-5H3;1H3,(H,3,4)/t15-,17+;9-,10+;/m11./s1. The summed E-state index contributed by atoms with van der Waals surface area (Å²) in [5.41, 5.74) is 0.462. The average Bonchev–Trinajstić information content (AvgIpc) is 2.88. The Morgan fingerprint density at radius 3 is 1.74 bits per heavy atom. The van der Waals surface area contributed by atoms with Crippen molar-refractivity contribution in [1.29, 1.82) is 0 Å². The largest absolute Gasteiger partial charge is 0.481 e. The Morgan fingerprint density at radius 2 is 1.30 bits per heavy atom. The molecule has 0 bridgehead atoms. The maximum Gasteiger partial charge on any atom is 0.410 e. The Kier molecular flexibility index (Phi) is 15.5. The SMILES string of the molecule is CC(=O)O.CC[C@H]1CN(Cc2ccccc2)[C@H](C)CN1C(=O)OC(C)(C)C.CC[C@H]1CN[C@H](C)CN1C(=O)OC(C)(C)C. The fraction of sp³-hybridized carbons (Fsp3) is 0.727. The highest BCUT2D eigenvalue weighted by atomic mass is 16.6. The normalized spacial score (nSPS) is 22.8. The summed E-state index contributed by atoms with van der Waals surface area (Å²) >= 11 is 0. The van der Waals surface area contributed by atoms with Crippen molar-refractivity contribution in [2.24, 2.45) is 0 Å². The van der Waals surface area contributed by atoms with Crippen molar-refractivity contribution in [3.8, 4) is 0 Å². The summed E-state index contributed by atoms with van der Waals surface area (Å²) in [4.78, 5) is 39.7. The van der Waals surface area contributed by atoms with Gasteiger partial charge in [0.05, 0.1) is 0 Å². The molecule has 2 saturated heterocycles. The molecule has 2 amide bonds. The van der Waals surface area contributed by atoms with Crippen molar-refractivity contribution in [3.63, 3.8) is 0 Å². The fourth-order valence-corrected chi connectivity index (χ4v) is 4.90. The molecule has 10 nitrogen and oxygen atoms in total. The second-order valence-electron chi connectivity index (χ2n) is 13.5. The number of carbonyl (C=O) groups is 3. The molecule has 43 heavy (non-hydrogen) atoms. The Hall–Kier alpha value is -2.85. The van der Waals surface area contributed by atoms with Gasteiger partial charge in [0.25, 0.3) is 5.97 Å². The van der Waals surface area contributed by atoms with Crippen molar-refractivity contribution in [2.45, 2.75) is 131 Å². The maximum atomic E-state index is 12.5. The molecule has 2 aliphatic heterocycles. The average molecular weight is 607 g/mol. The van der Waals surface area contributed by atoms with Gasteiger partial charge in [-0.25, -0.2) is 9.59 Å². The molecular weight excluding hydrogens is 548 g/mol. The first-order chi connectivity index (χ1) is 19.9. The summed E-state index contributed by atoms with van der Waals surface area (Å²) in [5.74, 6) is -0.833. The lowest BCUT2D eigenvalue weighted by Crippen LogP contribution is -2.59. The van der Waals surface area contributed by atoms with Crippen LogP contribution >= 0.6 is 0 Å². The lowest BCUT2D eigenvalue weighted by molar-refractivity contribution is -0.134. The zero-order valence-corrected chi connectivity index (χ0v) is 28.5. The number of benzene rings is 1. The second kappa shape index (κ2) is 17.4. The monoisotopic (exact) mass is 606 g/mol. The van der Waals surface area contributed by atoms with Crippen molar-refractivity contribution in [3.05, 3.63) is 35.9 Å². The molecule has 1 aromatic carbocycles. The van der Waals surface area contributed by atoms with E-state index in [0.29, 0.717) is 12.1 Å². The molecule has 2 N–H and O–H groups in total. The summed E-state index contributed by atoms with van der Waals surface area (Å²) < 4.78 is 11.0. The third kappa shape index (κ3) is 14.9. The van der Waals surface area contributed by atoms with Crippen LogP contribution in [0.2, 0.25) is 0 Å². The molecule has 3 rings (SSSR count). The Labute approximate surface area is 260 Å². The van der Waals surface area contributed by atoms with Gasteiger partial charge in [-0.1, -0.05) is 44.2 Å². The second-order valence-corrected chi connectivity index (χ2v) is 13.5. The van der Waals surface area contributed by atoms with Crippen LogP contribution < -0.4 is 5.32 Å². The van der Waals surface area contributed by atoms with Crippen LogP contribution in [0, 0.1) is 0 Å². The smallest absolute Gasteiger partial charge is 0.410 e. The van der Waals surface area contributed by atoms with Crippen LogP contribution in [0.1, 0.15) is 94.6 Å². The number of nitrogens with zero attached hydrogens (tertiary/aromatic N) is 3.